The molecule has 1 aromatic heterocycles. The molecular formula is C20H24N4O2. The maximum Gasteiger partial charge on any atom is 0.262 e. The van der Waals surface area contributed by atoms with Crippen molar-refractivity contribution in [3.8, 4) is 6.07 Å². The summed E-state index contributed by atoms with van der Waals surface area (Å²) in [7, 11) is 1.56. The summed E-state index contributed by atoms with van der Waals surface area (Å²) in [5, 5.41) is 16.6. The number of amides is 1. The molecule has 0 aliphatic carbocycles. The SMILES string of the molecule is COCCNC(=O)/C(C#N)=C/c1c(C)nn(Cc2ccc(C)cc2)c1C. The minimum atomic E-state index is -0.408. The number of nitrogens with one attached hydrogen (secondary N) is 1. The van der Waals surface area contributed by atoms with Gasteiger partial charge < -0.3 is 10.1 Å². The predicted molar refractivity (Wildman–Crippen MR) is 100 cm³/mol. The van der Waals surface area contributed by atoms with Crippen LogP contribution in [0.25, 0.3) is 6.08 Å². The molecule has 26 heavy (non-hydrogen) atoms. The highest BCUT2D eigenvalue weighted by atomic mass is 16.5. The molecule has 0 saturated heterocycles. The van der Waals surface area contributed by atoms with Crippen LogP contribution in [0.15, 0.2) is 29.8 Å². The van der Waals surface area contributed by atoms with Crippen LogP contribution in [0.4, 0.5) is 0 Å². The summed E-state index contributed by atoms with van der Waals surface area (Å²) >= 11 is 0. The number of carbonyl (C=O) groups excluding carboxylic acids is 1. The van der Waals surface area contributed by atoms with E-state index in [-0.39, 0.29) is 5.57 Å². The van der Waals surface area contributed by atoms with Crippen molar-refractivity contribution in [2.75, 3.05) is 20.3 Å². The smallest absolute Gasteiger partial charge is 0.262 e. The van der Waals surface area contributed by atoms with E-state index in [4.69, 9.17) is 4.74 Å². The molecule has 0 aliphatic rings. The molecule has 0 atom stereocenters. The van der Waals surface area contributed by atoms with Gasteiger partial charge in [0, 0.05) is 24.9 Å². The number of rotatable bonds is 7. The van der Waals surface area contributed by atoms with Gasteiger partial charge in [0.1, 0.15) is 11.6 Å². The maximum absolute atomic E-state index is 12.1. The molecule has 6 nitrogen and oxygen atoms in total. The number of hydrogen-bond donors (Lipinski definition) is 1. The van der Waals surface area contributed by atoms with E-state index in [1.54, 1.807) is 13.2 Å². The van der Waals surface area contributed by atoms with Gasteiger partial charge in [-0.15, -0.1) is 0 Å². The van der Waals surface area contributed by atoms with E-state index in [9.17, 15) is 10.1 Å². The molecular weight excluding hydrogens is 328 g/mol. The predicted octanol–water partition coefficient (Wildman–Crippen LogP) is 2.53. The van der Waals surface area contributed by atoms with Crippen LogP contribution in [0, 0.1) is 32.1 Å². The first-order chi connectivity index (χ1) is 12.5. The van der Waals surface area contributed by atoms with Crippen LogP contribution >= 0.6 is 0 Å². The maximum atomic E-state index is 12.1. The highest BCUT2D eigenvalue weighted by Gasteiger charge is 2.14. The molecule has 0 unspecified atom stereocenters. The van der Waals surface area contributed by atoms with Crippen LogP contribution in [0.2, 0.25) is 0 Å². The number of aryl methyl sites for hydroxylation is 2. The zero-order valence-electron chi connectivity index (χ0n) is 15.7. The quantitative estimate of drug-likeness (QED) is 0.472. The van der Waals surface area contributed by atoms with Gasteiger partial charge in [-0.3, -0.25) is 9.48 Å². The number of hydrogen-bond acceptors (Lipinski definition) is 4. The minimum absolute atomic E-state index is 0.0576. The normalized spacial score (nSPS) is 11.3. The molecule has 0 bridgehead atoms. The van der Waals surface area contributed by atoms with Crippen molar-refractivity contribution in [3.63, 3.8) is 0 Å². The molecule has 0 aliphatic heterocycles. The second-order valence-electron chi connectivity index (χ2n) is 6.15. The molecule has 1 N–H and O–H groups in total. The Morgan fingerprint density at radius 2 is 2.00 bits per heavy atom. The Balaban J connectivity index is 2.23. The number of nitriles is 1. The molecule has 2 aromatic rings. The minimum Gasteiger partial charge on any atom is -0.383 e. The summed E-state index contributed by atoms with van der Waals surface area (Å²) in [4.78, 5) is 12.1. The van der Waals surface area contributed by atoms with Crippen LogP contribution < -0.4 is 5.32 Å². The third kappa shape index (κ3) is 4.80. The van der Waals surface area contributed by atoms with Crippen LogP contribution in [-0.4, -0.2) is 35.9 Å². The number of nitrogens with zero attached hydrogens (tertiary/aromatic N) is 3. The van der Waals surface area contributed by atoms with E-state index in [1.165, 1.54) is 5.56 Å². The van der Waals surface area contributed by atoms with Crippen LogP contribution in [-0.2, 0) is 16.1 Å². The molecule has 1 heterocycles. The van der Waals surface area contributed by atoms with Crippen molar-refractivity contribution in [3.05, 3.63) is 57.9 Å². The Morgan fingerprint density at radius 1 is 1.31 bits per heavy atom. The van der Waals surface area contributed by atoms with Crippen LogP contribution in [0.1, 0.15) is 28.1 Å². The fourth-order valence-electron chi connectivity index (χ4n) is 2.59. The largest absolute Gasteiger partial charge is 0.383 e. The lowest BCUT2D eigenvalue weighted by Gasteiger charge is -2.06. The van der Waals surface area contributed by atoms with Gasteiger partial charge in [-0.2, -0.15) is 10.4 Å². The molecule has 2 rings (SSSR count). The van der Waals surface area contributed by atoms with E-state index in [0.29, 0.717) is 19.7 Å². The summed E-state index contributed by atoms with van der Waals surface area (Å²) in [6.45, 7) is 7.27. The van der Waals surface area contributed by atoms with Crippen molar-refractivity contribution >= 4 is 12.0 Å². The van der Waals surface area contributed by atoms with Crippen molar-refractivity contribution in [2.45, 2.75) is 27.3 Å². The lowest BCUT2D eigenvalue weighted by atomic mass is 10.1. The van der Waals surface area contributed by atoms with Crippen LogP contribution in [0.5, 0.6) is 0 Å². The highest BCUT2D eigenvalue weighted by Crippen LogP contribution is 2.18. The first-order valence-corrected chi connectivity index (χ1v) is 8.44. The van der Waals surface area contributed by atoms with Crippen molar-refractivity contribution in [1.82, 2.24) is 15.1 Å². The lowest BCUT2D eigenvalue weighted by Crippen LogP contribution is -2.27. The Labute approximate surface area is 154 Å². The van der Waals surface area contributed by atoms with Gasteiger partial charge in [0.05, 0.1) is 18.8 Å². The summed E-state index contributed by atoms with van der Waals surface area (Å²) in [6.07, 6.45) is 1.60. The summed E-state index contributed by atoms with van der Waals surface area (Å²) in [5.74, 6) is -0.408. The number of ether oxygens (including phenoxy) is 1. The zero-order chi connectivity index (χ0) is 19.1. The molecule has 1 aromatic carbocycles. The van der Waals surface area contributed by atoms with Gasteiger partial charge >= 0.3 is 0 Å². The Bertz CT molecular complexity index is 842. The van der Waals surface area contributed by atoms with Crippen molar-refractivity contribution in [2.24, 2.45) is 0 Å². The van der Waals surface area contributed by atoms with Gasteiger partial charge in [-0.05, 0) is 32.4 Å². The number of aromatic nitrogens is 2. The van der Waals surface area contributed by atoms with Gasteiger partial charge in [0.15, 0.2) is 0 Å². The second kappa shape index (κ2) is 8.97. The summed E-state index contributed by atoms with van der Waals surface area (Å²) < 4.78 is 6.79. The van der Waals surface area contributed by atoms with Crippen LogP contribution in [0.3, 0.4) is 0 Å². The van der Waals surface area contributed by atoms with Gasteiger partial charge in [-0.25, -0.2) is 0 Å². The molecule has 6 heteroatoms. The fraction of sp³-hybridized carbons (Fsp3) is 0.350. The summed E-state index contributed by atoms with van der Waals surface area (Å²) in [5.41, 5.74) is 4.92. The molecule has 1 amide bonds. The van der Waals surface area contributed by atoms with E-state index in [0.717, 1.165) is 22.5 Å². The van der Waals surface area contributed by atoms with E-state index in [2.05, 4.69) is 41.6 Å². The zero-order valence-corrected chi connectivity index (χ0v) is 15.7. The second-order valence-corrected chi connectivity index (χ2v) is 6.15. The Kier molecular flexibility index (Phi) is 6.70. The van der Waals surface area contributed by atoms with Crippen molar-refractivity contribution < 1.29 is 9.53 Å². The number of carbonyl (C=O) groups is 1. The van der Waals surface area contributed by atoms with Crippen molar-refractivity contribution in [1.29, 1.82) is 5.26 Å². The molecule has 0 spiro atoms. The van der Waals surface area contributed by atoms with Gasteiger partial charge in [0.25, 0.3) is 5.91 Å². The third-order valence-corrected chi connectivity index (χ3v) is 4.14. The van der Waals surface area contributed by atoms with Gasteiger partial charge in [0.2, 0.25) is 0 Å². The standard InChI is InChI=1S/C20H24N4O2/c1-14-5-7-17(8-6-14)13-24-16(3)19(15(2)23-24)11-18(12-21)20(25)22-9-10-26-4/h5-8,11H,9-10,13H2,1-4H3,(H,22,25)/b18-11+. The average molecular weight is 352 g/mol. The third-order valence-electron chi connectivity index (χ3n) is 4.14. The number of methoxy groups -OCH3 is 1. The topological polar surface area (TPSA) is 79.9 Å². The molecule has 136 valence electrons. The Hall–Kier alpha value is -2.91. The van der Waals surface area contributed by atoms with Gasteiger partial charge in [-0.1, -0.05) is 29.8 Å². The Morgan fingerprint density at radius 3 is 2.62 bits per heavy atom. The monoisotopic (exact) mass is 352 g/mol. The highest BCUT2D eigenvalue weighted by molar-refractivity contribution is 6.01. The summed E-state index contributed by atoms with van der Waals surface area (Å²) in [6, 6.07) is 10.3. The van der Waals surface area contributed by atoms with E-state index in [1.807, 2.05) is 24.6 Å². The molecule has 0 radical (unpaired) electrons. The molecule has 0 fully saturated rings. The first kappa shape index (κ1) is 19.4. The number of benzene rings is 1. The molecule has 0 saturated carbocycles. The van der Waals surface area contributed by atoms with E-state index >= 15 is 0 Å². The average Bonchev–Trinajstić information content (AvgIpc) is 2.88. The fourth-order valence-corrected chi connectivity index (χ4v) is 2.59. The lowest BCUT2D eigenvalue weighted by molar-refractivity contribution is -0.117. The van der Waals surface area contributed by atoms with E-state index < -0.39 is 5.91 Å². The first-order valence-electron chi connectivity index (χ1n) is 8.44.